The predicted molar refractivity (Wildman–Crippen MR) is 149 cm³/mol. The van der Waals surface area contributed by atoms with E-state index in [-0.39, 0.29) is 11.1 Å². The molecule has 1 aliphatic carbocycles. The number of nitrogens with zero attached hydrogens (tertiary/aromatic N) is 1. The molecule has 1 unspecified atom stereocenters. The molecule has 2 aliphatic rings. The van der Waals surface area contributed by atoms with Crippen LogP contribution in [-0.2, 0) is 34.3 Å². The maximum atomic E-state index is 14.7. The van der Waals surface area contributed by atoms with Crippen LogP contribution < -0.4 is 10.3 Å². The van der Waals surface area contributed by atoms with Gasteiger partial charge in [0.2, 0.25) is 0 Å². The second kappa shape index (κ2) is 10.4. The van der Waals surface area contributed by atoms with Gasteiger partial charge < -0.3 is 19.1 Å². The van der Waals surface area contributed by atoms with Crippen LogP contribution in [0.25, 0.3) is 22.3 Å². The molecule has 0 spiro atoms. The number of carboxylic acid groups (broad SMARTS) is 1. The molecule has 218 valence electrons. The first-order valence-electron chi connectivity index (χ1n) is 13.8. The summed E-state index contributed by atoms with van der Waals surface area (Å²) in [5.74, 6) is -0.502. The van der Waals surface area contributed by atoms with Gasteiger partial charge in [-0.15, -0.1) is 0 Å². The Morgan fingerprint density at radius 3 is 2.39 bits per heavy atom. The van der Waals surface area contributed by atoms with E-state index in [1.165, 1.54) is 19.1 Å². The monoisotopic (exact) mass is 569 g/mol. The Morgan fingerprint density at radius 2 is 1.76 bits per heavy atom. The Labute approximate surface area is 236 Å². The van der Waals surface area contributed by atoms with E-state index < -0.39 is 34.5 Å². The SMILES string of the molecule is CC(C)(C)OC(C)(C(=O)O)c1c(C(F)(F)F)ccc(-c2ccc(=O)n(CC3CC3)c2)c1-c1ccc2c(c1)CCCO2. The van der Waals surface area contributed by atoms with E-state index in [2.05, 4.69) is 0 Å². The number of hydrogen-bond acceptors (Lipinski definition) is 4. The van der Waals surface area contributed by atoms with Gasteiger partial charge in [0.15, 0.2) is 5.60 Å². The second-order valence-electron chi connectivity index (χ2n) is 12.1. The molecular weight excluding hydrogens is 535 g/mol. The average Bonchev–Trinajstić information content (AvgIpc) is 3.71. The van der Waals surface area contributed by atoms with E-state index in [0.29, 0.717) is 47.9 Å². The fourth-order valence-corrected chi connectivity index (χ4v) is 5.62. The Kier molecular flexibility index (Phi) is 7.30. The van der Waals surface area contributed by atoms with E-state index in [4.69, 9.17) is 9.47 Å². The molecule has 1 aliphatic heterocycles. The minimum Gasteiger partial charge on any atom is -0.493 e. The summed E-state index contributed by atoms with van der Waals surface area (Å²) in [7, 11) is 0. The summed E-state index contributed by atoms with van der Waals surface area (Å²) in [5, 5.41) is 10.5. The quantitative estimate of drug-likeness (QED) is 0.330. The van der Waals surface area contributed by atoms with Gasteiger partial charge in [-0.3, -0.25) is 4.79 Å². The van der Waals surface area contributed by atoms with Crippen molar-refractivity contribution in [3.63, 3.8) is 0 Å². The smallest absolute Gasteiger partial charge is 0.416 e. The fourth-order valence-electron chi connectivity index (χ4n) is 5.62. The van der Waals surface area contributed by atoms with Gasteiger partial charge in [0.1, 0.15) is 5.75 Å². The van der Waals surface area contributed by atoms with Crippen molar-refractivity contribution in [2.75, 3.05) is 6.61 Å². The number of alkyl halides is 3. The molecule has 6 nitrogen and oxygen atoms in total. The predicted octanol–water partition coefficient (Wildman–Crippen LogP) is 7.05. The molecule has 1 aromatic heterocycles. The summed E-state index contributed by atoms with van der Waals surface area (Å²) < 4.78 is 57.5. The van der Waals surface area contributed by atoms with Gasteiger partial charge in [-0.1, -0.05) is 12.1 Å². The third kappa shape index (κ3) is 5.91. The van der Waals surface area contributed by atoms with Gasteiger partial charge >= 0.3 is 12.1 Å². The van der Waals surface area contributed by atoms with Crippen LogP contribution >= 0.6 is 0 Å². The molecule has 1 fully saturated rings. The molecule has 2 aromatic carbocycles. The van der Waals surface area contributed by atoms with E-state index >= 15 is 0 Å². The highest BCUT2D eigenvalue weighted by Gasteiger charge is 2.49. The fraction of sp³-hybridized carbons (Fsp3) is 0.438. The van der Waals surface area contributed by atoms with Crippen molar-refractivity contribution >= 4 is 5.97 Å². The molecule has 0 amide bonds. The van der Waals surface area contributed by atoms with Gasteiger partial charge in [0, 0.05) is 24.4 Å². The molecule has 5 rings (SSSR count). The van der Waals surface area contributed by atoms with E-state index in [0.717, 1.165) is 30.9 Å². The first-order chi connectivity index (χ1) is 19.2. The number of hydrogen-bond donors (Lipinski definition) is 1. The van der Waals surface area contributed by atoms with Gasteiger partial charge in [0.25, 0.3) is 5.56 Å². The van der Waals surface area contributed by atoms with Crippen molar-refractivity contribution in [3.8, 4) is 28.0 Å². The van der Waals surface area contributed by atoms with Crippen LogP contribution in [0.15, 0.2) is 53.5 Å². The minimum absolute atomic E-state index is 0.0963. The van der Waals surface area contributed by atoms with Crippen LogP contribution in [0.1, 0.15) is 63.6 Å². The second-order valence-corrected chi connectivity index (χ2v) is 12.1. The van der Waals surface area contributed by atoms with Gasteiger partial charge in [-0.25, -0.2) is 4.79 Å². The number of carbonyl (C=O) groups is 1. The third-order valence-electron chi connectivity index (χ3n) is 7.55. The van der Waals surface area contributed by atoms with Gasteiger partial charge in [-0.2, -0.15) is 13.2 Å². The van der Waals surface area contributed by atoms with Crippen molar-refractivity contribution in [2.45, 2.75) is 77.3 Å². The van der Waals surface area contributed by atoms with Crippen LogP contribution in [0.3, 0.4) is 0 Å². The van der Waals surface area contributed by atoms with Crippen LogP contribution in [0, 0.1) is 5.92 Å². The number of ether oxygens (including phenoxy) is 2. The zero-order chi connectivity index (χ0) is 29.7. The van der Waals surface area contributed by atoms with Gasteiger partial charge in [-0.05, 0) is 111 Å². The maximum absolute atomic E-state index is 14.7. The van der Waals surface area contributed by atoms with E-state index in [9.17, 15) is 27.9 Å². The van der Waals surface area contributed by atoms with Crippen LogP contribution in [0.5, 0.6) is 5.75 Å². The topological polar surface area (TPSA) is 77.8 Å². The van der Waals surface area contributed by atoms with Crippen molar-refractivity contribution in [1.82, 2.24) is 4.57 Å². The number of rotatable bonds is 7. The number of fused-ring (bicyclic) bond motifs is 1. The van der Waals surface area contributed by atoms with Crippen molar-refractivity contribution in [1.29, 1.82) is 0 Å². The Morgan fingerprint density at radius 1 is 1.05 bits per heavy atom. The van der Waals surface area contributed by atoms with Crippen LogP contribution in [-0.4, -0.2) is 27.9 Å². The van der Waals surface area contributed by atoms with Gasteiger partial charge in [0.05, 0.1) is 17.8 Å². The number of benzene rings is 2. The highest BCUT2D eigenvalue weighted by atomic mass is 19.4. The lowest BCUT2D eigenvalue weighted by atomic mass is 9.79. The Bertz CT molecular complexity index is 1550. The third-order valence-corrected chi connectivity index (χ3v) is 7.55. The molecule has 0 saturated heterocycles. The minimum atomic E-state index is -4.87. The normalized spacial score (nSPS) is 17.0. The van der Waals surface area contributed by atoms with E-state index in [1.54, 1.807) is 55.8 Å². The number of halogens is 3. The first kappa shape index (κ1) is 28.9. The largest absolute Gasteiger partial charge is 0.493 e. The molecule has 1 N–H and O–H groups in total. The number of carboxylic acids is 1. The summed E-state index contributed by atoms with van der Waals surface area (Å²) in [5.41, 5.74) is -3.02. The van der Waals surface area contributed by atoms with Crippen LogP contribution in [0.4, 0.5) is 13.2 Å². The Balaban J connectivity index is 1.87. The lowest BCUT2D eigenvalue weighted by molar-refractivity contribution is -0.186. The molecule has 41 heavy (non-hydrogen) atoms. The van der Waals surface area contributed by atoms with Crippen LogP contribution in [0.2, 0.25) is 0 Å². The molecule has 2 heterocycles. The molecular formula is C32H34F3NO5. The molecule has 0 bridgehead atoms. The number of aryl methyl sites for hydroxylation is 1. The molecule has 0 radical (unpaired) electrons. The molecule has 9 heteroatoms. The van der Waals surface area contributed by atoms with Crippen molar-refractivity contribution in [3.05, 3.63) is 75.7 Å². The standard InChI is InChI=1S/C32H34F3NO5/c1-30(2,3)41-31(4,29(38)39)28-24(32(33,34)35)12-11-23(22-10-14-26(37)36(18-22)17-19-7-8-19)27(28)21-9-13-25-20(16-21)6-5-15-40-25/h9-14,16,18-19H,5-8,15,17H2,1-4H3,(H,38,39). The van der Waals surface area contributed by atoms with Crippen molar-refractivity contribution < 1.29 is 32.5 Å². The maximum Gasteiger partial charge on any atom is 0.416 e. The summed E-state index contributed by atoms with van der Waals surface area (Å²) in [4.78, 5) is 25.6. The van der Waals surface area contributed by atoms with Crippen molar-refractivity contribution in [2.24, 2.45) is 5.92 Å². The first-order valence-corrected chi connectivity index (χ1v) is 13.8. The lowest BCUT2D eigenvalue weighted by Crippen LogP contribution is -2.43. The highest BCUT2D eigenvalue weighted by Crippen LogP contribution is 2.49. The summed E-state index contributed by atoms with van der Waals surface area (Å²) in [6.45, 7) is 7.06. The highest BCUT2D eigenvalue weighted by molar-refractivity contribution is 5.92. The zero-order valence-electron chi connectivity index (χ0n) is 23.6. The zero-order valence-corrected chi connectivity index (χ0v) is 23.6. The summed E-state index contributed by atoms with van der Waals surface area (Å²) in [6, 6.07) is 10.4. The summed E-state index contributed by atoms with van der Waals surface area (Å²) >= 11 is 0. The number of pyridine rings is 1. The van der Waals surface area contributed by atoms with E-state index in [1.807, 2.05) is 0 Å². The molecule has 1 atom stereocenters. The average molecular weight is 570 g/mol. The molecule has 3 aromatic rings. The number of aliphatic carboxylic acids is 1. The lowest BCUT2D eigenvalue weighted by Gasteiger charge is -2.37. The number of aromatic nitrogens is 1. The molecule has 1 saturated carbocycles. The Hall–Kier alpha value is -3.59. The summed E-state index contributed by atoms with van der Waals surface area (Å²) in [6.07, 6.45) is 0.247.